The van der Waals surface area contributed by atoms with Crippen molar-refractivity contribution in [2.75, 3.05) is 6.61 Å². The molecule has 1 rings (SSSR count). The van der Waals surface area contributed by atoms with Gasteiger partial charge in [0.25, 0.3) is 5.79 Å². The van der Waals surface area contributed by atoms with Crippen molar-refractivity contribution in [2.45, 2.75) is 11.9 Å². The van der Waals surface area contributed by atoms with Gasteiger partial charge in [0.05, 0.1) is 0 Å². The van der Waals surface area contributed by atoms with Crippen LogP contribution in [0.25, 0.3) is 0 Å². The quantitative estimate of drug-likeness (QED) is 0.213. The fourth-order valence-corrected chi connectivity index (χ4v) is 1.59. The van der Waals surface area contributed by atoms with Crippen molar-refractivity contribution in [3.05, 3.63) is 11.5 Å². The van der Waals surface area contributed by atoms with Crippen molar-refractivity contribution in [3.63, 3.8) is 0 Å². The summed E-state index contributed by atoms with van der Waals surface area (Å²) in [6, 6.07) is 0. The molecule has 5 N–H and O–H groups in total. The minimum absolute atomic E-state index is 1.24. The number of cyclic esters (lactones) is 1. The van der Waals surface area contributed by atoms with Gasteiger partial charge in [-0.25, -0.2) is 8.98 Å². The van der Waals surface area contributed by atoms with Crippen LogP contribution in [-0.2, 0) is 24.1 Å². The summed E-state index contributed by atoms with van der Waals surface area (Å²) in [6.07, 6.45) is -2.19. The average Bonchev–Trinajstić information content (AvgIpc) is 2.44. The first-order chi connectivity index (χ1) is 7.60. The van der Waals surface area contributed by atoms with Gasteiger partial charge in [0.1, 0.15) is 6.61 Å². The maximum Gasteiger partial charge on any atom is 0.400 e. The molecular weight excluding hydrogens is 264 g/mol. The molecule has 0 aliphatic carbocycles. The summed E-state index contributed by atoms with van der Waals surface area (Å²) >= 11 is 0. The van der Waals surface area contributed by atoms with Crippen molar-refractivity contribution >= 4 is 16.4 Å². The van der Waals surface area contributed by atoms with Gasteiger partial charge in [-0.3, -0.25) is 4.55 Å². The van der Waals surface area contributed by atoms with Gasteiger partial charge in [0.15, 0.2) is 5.76 Å². The van der Waals surface area contributed by atoms with E-state index in [9.17, 15) is 18.3 Å². The molecule has 0 spiro atoms. The van der Waals surface area contributed by atoms with E-state index in [2.05, 4.69) is 8.92 Å². The van der Waals surface area contributed by atoms with Crippen LogP contribution < -0.4 is 0 Å². The van der Waals surface area contributed by atoms with Crippen LogP contribution in [0.2, 0.25) is 0 Å². The molecule has 1 aliphatic rings. The average molecular weight is 272 g/mol. The van der Waals surface area contributed by atoms with E-state index in [0.717, 1.165) is 0 Å². The number of carbonyl (C=O) groups excluding carboxylic acids is 1. The van der Waals surface area contributed by atoms with E-state index in [1.54, 1.807) is 0 Å². The Morgan fingerprint density at radius 3 is 2.24 bits per heavy atom. The molecule has 11 heteroatoms. The molecule has 98 valence electrons. The van der Waals surface area contributed by atoms with Gasteiger partial charge in [-0.05, 0) is 0 Å². The van der Waals surface area contributed by atoms with E-state index >= 15 is 0 Å². The first-order valence-electron chi connectivity index (χ1n) is 3.95. The maximum atomic E-state index is 10.8. The van der Waals surface area contributed by atoms with Crippen molar-refractivity contribution in [1.82, 2.24) is 0 Å². The second-order valence-corrected chi connectivity index (χ2v) is 4.06. The van der Waals surface area contributed by atoms with Crippen LogP contribution in [0.5, 0.6) is 0 Å². The Bertz CT molecular complexity index is 463. The molecule has 0 fully saturated rings. The van der Waals surface area contributed by atoms with E-state index in [1.165, 1.54) is 0 Å². The van der Waals surface area contributed by atoms with Gasteiger partial charge < -0.3 is 25.2 Å². The zero-order valence-electron chi connectivity index (χ0n) is 7.97. The molecule has 10 nitrogen and oxygen atoms in total. The minimum atomic E-state index is -5.21. The first-order valence-corrected chi connectivity index (χ1v) is 5.31. The maximum absolute atomic E-state index is 10.8. The lowest BCUT2D eigenvalue weighted by Crippen LogP contribution is -2.50. The third kappa shape index (κ3) is 2.65. The Morgan fingerprint density at radius 1 is 1.41 bits per heavy atom. The smallest absolute Gasteiger partial charge is 0.400 e. The first kappa shape index (κ1) is 13.7. The fraction of sp³-hybridized carbons (Fsp3) is 0.500. The number of esters is 1. The molecule has 17 heavy (non-hydrogen) atoms. The monoisotopic (exact) mass is 272 g/mol. The van der Waals surface area contributed by atoms with Gasteiger partial charge in [0.2, 0.25) is 11.9 Å². The lowest BCUT2D eigenvalue weighted by atomic mass is 10.1. The third-order valence-electron chi connectivity index (χ3n) is 1.80. The van der Waals surface area contributed by atoms with Crippen LogP contribution >= 0.6 is 0 Å². The summed E-state index contributed by atoms with van der Waals surface area (Å²) in [4.78, 5) is 10.8. The van der Waals surface area contributed by atoms with Crippen LogP contribution in [0, 0.1) is 0 Å². The Hall–Kier alpha value is -1.40. The number of aliphatic hydroxyl groups is 4. The molecule has 0 aromatic heterocycles. The SMILES string of the molecule is O=C1O[C@H]([C@@](O)(CO)OS(=O)(=O)O)C(O)=C1O. The highest BCUT2D eigenvalue weighted by molar-refractivity contribution is 7.80. The zero-order chi connectivity index (χ0) is 13.4. The molecule has 2 atom stereocenters. The largest absolute Gasteiger partial charge is 0.505 e. The second kappa shape index (κ2) is 4.12. The molecule has 0 bridgehead atoms. The number of rotatable bonds is 4. The summed E-state index contributed by atoms with van der Waals surface area (Å²) < 4.78 is 37.0. The minimum Gasteiger partial charge on any atom is -0.505 e. The molecule has 1 heterocycles. The van der Waals surface area contributed by atoms with Gasteiger partial charge in [-0.1, -0.05) is 0 Å². The highest BCUT2D eigenvalue weighted by Gasteiger charge is 2.52. The van der Waals surface area contributed by atoms with E-state index in [0.29, 0.717) is 0 Å². The molecular formula is C6H8O10S. The number of aliphatic hydroxyl groups excluding tert-OH is 3. The molecule has 1 aliphatic heterocycles. The van der Waals surface area contributed by atoms with E-state index in [4.69, 9.17) is 19.9 Å². The number of ether oxygens (including phenoxy) is 1. The van der Waals surface area contributed by atoms with Crippen LogP contribution in [0.4, 0.5) is 0 Å². The summed E-state index contributed by atoms with van der Waals surface area (Å²) in [6.45, 7) is -1.46. The predicted molar refractivity (Wildman–Crippen MR) is 46.8 cm³/mol. The van der Waals surface area contributed by atoms with Gasteiger partial charge in [-0.15, -0.1) is 0 Å². The molecule has 0 radical (unpaired) electrons. The topological polar surface area (TPSA) is 171 Å². The lowest BCUT2D eigenvalue weighted by Gasteiger charge is -2.27. The van der Waals surface area contributed by atoms with Gasteiger partial charge in [0, 0.05) is 0 Å². The molecule has 0 saturated heterocycles. The van der Waals surface area contributed by atoms with Crippen LogP contribution in [-0.4, -0.2) is 57.9 Å². The van der Waals surface area contributed by atoms with Crippen molar-refractivity contribution in [1.29, 1.82) is 0 Å². The van der Waals surface area contributed by atoms with Crippen molar-refractivity contribution < 1.29 is 47.1 Å². The number of hydrogen-bond donors (Lipinski definition) is 5. The van der Waals surface area contributed by atoms with Gasteiger partial charge in [-0.2, -0.15) is 8.42 Å². The molecule has 0 aromatic rings. The normalized spacial score (nSPS) is 24.6. The standard InChI is InChI=1S/C6H8O10S/c7-1-6(11,16-17(12,13)14)4-2(8)3(9)5(10)15-4/h4,7-9,11H,1H2,(H,12,13,14)/t4-,6+/m0/s1. The van der Waals surface area contributed by atoms with Crippen molar-refractivity contribution in [3.8, 4) is 0 Å². The highest BCUT2D eigenvalue weighted by Crippen LogP contribution is 2.29. The van der Waals surface area contributed by atoms with E-state index in [1.807, 2.05) is 0 Å². The Morgan fingerprint density at radius 2 is 1.94 bits per heavy atom. The van der Waals surface area contributed by atoms with Crippen LogP contribution in [0.15, 0.2) is 11.5 Å². The van der Waals surface area contributed by atoms with E-state index < -0.39 is 46.4 Å². The Balaban J connectivity index is 3.09. The third-order valence-corrected chi connectivity index (χ3v) is 2.29. The molecule has 0 aromatic carbocycles. The summed E-state index contributed by atoms with van der Waals surface area (Å²) in [5.74, 6) is -7.13. The molecule has 0 saturated carbocycles. The van der Waals surface area contributed by atoms with Crippen LogP contribution in [0.1, 0.15) is 0 Å². The fourth-order valence-electron chi connectivity index (χ4n) is 1.09. The lowest BCUT2D eigenvalue weighted by molar-refractivity contribution is -0.226. The summed E-state index contributed by atoms with van der Waals surface area (Å²) in [5.41, 5.74) is 0. The molecule has 0 unspecified atom stereocenters. The summed E-state index contributed by atoms with van der Waals surface area (Å²) in [7, 11) is -5.21. The Kier molecular flexibility index (Phi) is 3.31. The predicted octanol–water partition coefficient (Wildman–Crippen LogP) is -2.26. The molecule has 0 amide bonds. The van der Waals surface area contributed by atoms with E-state index in [-0.39, 0.29) is 0 Å². The number of hydrogen-bond acceptors (Lipinski definition) is 9. The van der Waals surface area contributed by atoms with Crippen molar-refractivity contribution in [2.24, 2.45) is 0 Å². The zero-order valence-corrected chi connectivity index (χ0v) is 8.79. The van der Waals surface area contributed by atoms with Gasteiger partial charge >= 0.3 is 16.4 Å². The summed E-state index contributed by atoms with van der Waals surface area (Å²) in [5, 5.41) is 36.2. The highest BCUT2D eigenvalue weighted by atomic mass is 32.3. The van der Waals surface area contributed by atoms with Crippen LogP contribution in [0.3, 0.4) is 0 Å². The Labute approximate surface area is 94.3 Å². The number of carbonyl (C=O) groups is 1. The second-order valence-electron chi connectivity index (χ2n) is 3.03.